The molecule has 0 spiro atoms. The second kappa shape index (κ2) is 8.19. The SMILES string of the molecule is CCCNCc1cc(Cl)cc(OC)c1OCCO. The third-order valence-electron chi connectivity index (χ3n) is 2.40. The lowest BCUT2D eigenvalue weighted by atomic mass is 10.1. The maximum absolute atomic E-state index is 8.84. The molecule has 0 aliphatic heterocycles. The molecule has 4 nitrogen and oxygen atoms in total. The summed E-state index contributed by atoms with van der Waals surface area (Å²) in [6.45, 7) is 3.89. The Morgan fingerprint density at radius 1 is 1.39 bits per heavy atom. The van der Waals surface area contributed by atoms with Crippen molar-refractivity contribution in [1.29, 1.82) is 0 Å². The van der Waals surface area contributed by atoms with Gasteiger partial charge in [-0.15, -0.1) is 0 Å². The van der Waals surface area contributed by atoms with E-state index in [0.29, 0.717) is 23.1 Å². The summed E-state index contributed by atoms with van der Waals surface area (Å²) in [7, 11) is 1.57. The second-order valence-electron chi connectivity index (χ2n) is 3.85. The Morgan fingerprint density at radius 3 is 2.78 bits per heavy atom. The Balaban J connectivity index is 2.91. The van der Waals surface area contributed by atoms with Crippen LogP contribution in [0.3, 0.4) is 0 Å². The number of hydrogen-bond donors (Lipinski definition) is 2. The number of halogens is 1. The zero-order valence-corrected chi connectivity index (χ0v) is 11.6. The van der Waals surface area contributed by atoms with Gasteiger partial charge in [0.1, 0.15) is 6.61 Å². The summed E-state index contributed by atoms with van der Waals surface area (Å²) in [5.74, 6) is 1.23. The van der Waals surface area contributed by atoms with Crippen molar-refractivity contribution in [2.75, 3.05) is 26.9 Å². The minimum atomic E-state index is -0.0341. The first-order chi connectivity index (χ1) is 8.72. The predicted molar refractivity (Wildman–Crippen MR) is 72.6 cm³/mol. The van der Waals surface area contributed by atoms with E-state index in [0.717, 1.165) is 18.5 Å². The summed E-state index contributed by atoms with van der Waals surface area (Å²) in [6, 6.07) is 3.55. The van der Waals surface area contributed by atoms with E-state index in [2.05, 4.69) is 12.2 Å². The molecular formula is C13H20ClNO3. The maximum atomic E-state index is 8.84. The van der Waals surface area contributed by atoms with Gasteiger partial charge in [-0.2, -0.15) is 0 Å². The van der Waals surface area contributed by atoms with Gasteiger partial charge < -0.3 is 19.9 Å². The van der Waals surface area contributed by atoms with E-state index in [4.69, 9.17) is 26.2 Å². The predicted octanol–water partition coefficient (Wildman–Crippen LogP) is 2.22. The highest BCUT2D eigenvalue weighted by molar-refractivity contribution is 6.30. The van der Waals surface area contributed by atoms with Crippen molar-refractivity contribution in [3.05, 3.63) is 22.7 Å². The van der Waals surface area contributed by atoms with Crippen LogP contribution in [-0.4, -0.2) is 32.0 Å². The quantitative estimate of drug-likeness (QED) is 0.713. The van der Waals surface area contributed by atoms with Crippen molar-refractivity contribution < 1.29 is 14.6 Å². The Hall–Kier alpha value is -0.970. The monoisotopic (exact) mass is 273 g/mol. The Bertz CT molecular complexity index is 371. The van der Waals surface area contributed by atoms with Crippen molar-refractivity contribution in [1.82, 2.24) is 5.32 Å². The first kappa shape index (κ1) is 15.1. The minimum absolute atomic E-state index is 0.0341. The van der Waals surface area contributed by atoms with Crippen LogP contribution < -0.4 is 14.8 Å². The summed E-state index contributed by atoms with van der Waals surface area (Å²) in [5, 5.41) is 12.7. The van der Waals surface area contributed by atoms with Gasteiger partial charge in [0.15, 0.2) is 11.5 Å². The smallest absolute Gasteiger partial charge is 0.165 e. The van der Waals surface area contributed by atoms with E-state index in [1.165, 1.54) is 0 Å². The number of aliphatic hydroxyl groups excluding tert-OH is 1. The average molecular weight is 274 g/mol. The molecule has 0 saturated heterocycles. The van der Waals surface area contributed by atoms with E-state index in [1.54, 1.807) is 13.2 Å². The minimum Gasteiger partial charge on any atom is -0.493 e. The lowest BCUT2D eigenvalue weighted by Crippen LogP contribution is -2.15. The van der Waals surface area contributed by atoms with Gasteiger partial charge in [-0.1, -0.05) is 18.5 Å². The molecule has 0 aliphatic rings. The molecule has 0 heterocycles. The van der Waals surface area contributed by atoms with Crippen LogP contribution in [0.2, 0.25) is 5.02 Å². The van der Waals surface area contributed by atoms with E-state index in [-0.39, 0.29) is 13.2 Å². The molecule has 102 valence electrons. The number of methoxy groups -OCH3 is 1. The molecular weight excluding hydrogens is 254 g/mol. The fourth-order valence-corrected chi connectivity index (χ4v) is 1.85. The van der Waals surface area contributed by atoms with E-state index >= 15 is 0 Å². The molecule has 5 heteroatoms. The largest absolute Gasteiger partial charge is 0.493 e. The van der Waals surface area contributed by atoms with E-state index in [1.807, 2.05) is 6.07 Å². The first-order valence-corrected chi connectivity index (χ1v) is 6.41. The van der Waals surface area contributed by atoms with Gasteiger partial charge in [-0.3, -0.25) is 0 Å². The van der Waals surface area contributed by atoms with Gasteiger partial charge >= 0.3 is 0 Å². The fourth-order valence-electron chi connectivity index (χ4n) is 1.62. The molecule has 1 rings (SSSR count). The van der Waals surface area contributed by atoms with Crippen molar-refractivity contribution >= 4 is 11.6 Å². The molecule has 0 atom stereocenters. The van der Waals surface area contributed by atoms with Crippen LogP contribution in [-0.2, 0) is 6.54 Å². The summed E-state index contributed by atoms with van der Waals surface area (Å²) in [6.07, 6.45) is 1.06. The number of nitrogens with one attached hydrogen (secondary N) is 1. The third-order valence-corrected chi connectivity index (χ3v) is 2.61. The zero-order chi connectivity index (χ0) is 13.4. The summed E-state index contributed by atoms with van der Waals surface area (Å²) < 4.78 is 10.8. The Labute approximate surface area is 113 Å². The fraction of sp³-hybridized carbons (Fsp3) is 0.538. The Morgan fingerprint density at radius 2 is 2.17 bits per heavy atom. The van der Waals surface area contributed by atoms with Gasteiger partial charge in [-0.25, -0.2) is 0 Å². The highest BCUT2D eigenvalue weighted by Crippen LogP contribution is 2.34. The van der Waals surface area contributed by atoms with Crippen molar-refractivity contribution in [3.8, 4) is 11.5 Å². The van der Waals surface area contributed by atoms with Crippen LogP contribution in [0.4, 0.5) is 0 Å². The van der Waals surface area contributed by atoms with Crippen molar-refractivity contribution in [2.24, 2.45) is 0 Å². The molecule has 0 fully saturated rings. The Kier molecular flexibility index (Phi) is 6.86. The number of benzene rings is 1. The second-order valence-corrected chi connectivity index (χ2v) is 4.28. The lowest BCUT2D eigenvalue weighted by molar-refractivity contribution is 0.195. The van der Waals surface area contributed by atoms with E-state index in [9.17, 15) is 0 Å². The number of hydrogen-bond acceptors (Lipinski definition) is 4. The highest BCUT2D eigenvalue weighted by Gasteiger charge is 2.12. The molecule has 18 heavy (non-hydrogen) atoms. The van der Waals surface area contributed by atoms with Crippen LogP contribution in [0.25, 0.3) is 0 Å². The number of ether oxygens (including phenoxy) is 2. The van der Waals surface area contributed by atoms with Crippen LogP contribution >= 0.6 is 11.6 Å². The van der Waals surface area contributed by atoms with Crippen molar-refractivity contribution in [3.63, 3.8) is 0 Å². The van der Waals surface area contributed by atoms with Crippen LogP contribution in [0.1, 0.15) is 18.9 Å². The lowest BCUT2D eigenvalue weighted by Gasteiger charge is -2.15. The highest BCUT2D eigenvalue weighted by atomic mass is 35.5. The normalized spacial score (nSPS) is 10.4. The van der Waals surface area contributed by atoms with Crippen LogP contribution in [0, 0.1) is 0 Å². The van der Waals surface area contributed by atoms with Gasteiger partial charge in [0.05, 0.1) is 13.7 Å². The molecule has 0 aliphatic carbocycles. The molecule has 0 amide bonds. The molecule has 0 bridgehead atoms. The summed E-state index contributed by atoms with van der Waals surface area (Å²) >= 11 is 6.03. The molecule has 1 aromatic carbocycles. The van der Waals surface area contributed by atoms with Crippen LogP contribution in [0.5, 0.6) is 11.5 Å². The molecule has 0 aromatic heterocycles. The third kappa shape index (κ3) is 4.37. The van der Waals surface area contributed by atoms with Gasteiger partial charge in [0, 0.05) is 23.2 Å². The summed E-state index contributed by atoms with van der Waals surface area (Å²) in [5.41, 5.74) is 0.932. The van der Waals surface area contributed by atoms with E-state index < -0.39 is 0 Å². The maximum Gasteiger partial charge on any atom is 0.165 e. The molecule has 2 N–H and O–H groups in total. The van der Waals surface area contributed by atoms with Crippen LogP contribution in [0.15, 0.2) is 12.1 Å². The number of rotatable bonds is 8. The topological polar surface area (TPSA) is 50.7 Å². The molecule has 1 aromatic rings. The summed E-state index contributed by atoms with van der Waals surface area (Å²) in [4.78, 5) is 0. The average Bonchev–Trinajstić information content (AvgIpc) is 2.37. The standard InChI is InChI=1S/C13H20ClNO3/c1-3-4-15-9-10-7-11(14)8-12(17-2)13(10)18-6-5-16/h7-8,15-16H,3-6,9H2,1-2H3. The molecule has 0 saturated carbocycles. The van der Waals surface area contributed by atoms with Gasteiger partial charge in [-0.05, 0) is 19.0 Å². The van der Waals surface area contributed by atoms with Crippen molar-refractivity contribution in [2.45, 2.75) is 19.9 Å². The molecule has 0 unspecified atom stereocenters. The first-order valence-electron chi connectivity index (χ1n) is 6.03. The van der Waals surface area contributed by atoms with Gasteiger partial charge in [0.25, 0.3) is 0 Å². The number of aliphatic hydroxyl groups is 1. The molecule has 0 radical (unpaired) electrons. The van der Waals surface area contributed by atoms with Gasteiger partial charge in [0.2, 0.25) is 0 Å². The zero-order valence-electron chi connectivity index (χ0n) is 10.8.